The molecule has 1 aromatic rings. The van der Waals surface area contributed by atoms with Crippen molar-refractivity contribution in [2.75, 3.05) is 11.9 Å². The van der Waals surface area contributed by atoms with Crippen LogP contribution in [0.2, 0.25) is 5.02 Å². The molecule has 0 aliphatic rings. The van der Waals surface area contributed by atoms with Crippen LogP contribution in [0.3, 0.4) is 0 Å². The fourth-order valence-electron chi connectivity index (χ4n) is 1.02. The second kappa shape index (κ2) is 5.56. The van der Waals surface area contributed by atoms with Crippen molar-refractivity contribution in [1.82, 2.24) is 4.98 Å². The molecule has 0 aliphatic carbocycles. The van der Waals surface area contributed by atoms with Gasteiger partial charge >= 0.3 is 0 Å². The number of nitrogens with zero attached hydrogens (tertiary/aromatic N) is 1. The van der Waals surface area contributed by atoms with Gasteiger partial charge in [-0.05, 0) is 34.3 Å². The van der Waals surface area contributed by atoms with Crippen LogP contribution in [0.5, 0.6) is 0 Å². The smallest absolute Gasteiger partial charge is 0.140 e. The van der Waals surface area contributed by atoms with E-state index in [0.717, 1.165) is 23.3 Å². The van der Waals surface area contributed by atoms with Crippen molar-refractivity contribution in [1.29, 1.82) is 0 Å². The molecule has 4 heteroatoms. The van der Waals surface area contributed by atoms with Crippen molar-refractivity contribution in [2.24, 2.45) is 5.92 Å². The minimum absolute atomic E-state index is 0.645. The highest BCUT2D eigenvalue weighted by Crippen LogP contribution is 2.23. The Bertz CT molecular complexity index is 302. The Balaban J connectivity index is 2.51. The van der Waals surface area contributed by atoms with E-state index in [-0.39, 0.29) is 0 Å². The number of rotatable bonds is 4. The third kappa shape index (κ3) is 3.84. The van der Waals surface area contributed by atoms with E-state index >= 15 is 0 Å². The topological polar surface area (TPSA) is 24.9 Å². The molecule has 0 saturated heterocycles. The fourth-order valence-corrected chi connectivity index (χ4v) is 1.80. The Labute approximate surface area is 98.2 Å². The molecule has 0 fully saturated rings. The van der Waals surface area contributed by atoms with Gasteiger partial charge in [-0.3, -0.25) is 0 Å². The van der Waals surface area contributed by atoms with Gasteiger partial charge in [0.25, 0.3) is 0 Å². The van der Waals surface area contributed by atoms with Gasteiger partial charge in [-0.1, -0.05) is 25.4 Å². The maximum Gasteiger partial charge on any atom is 0.140 e. The molecule has 0 unspecified atom stereocenters. The van der Waals surface area contributed by atoms with Crippen LogP contribution in [-0.4, -0.2) is 11.5 Å². The summed E-state index contributed by atoms with van der Waals surface area (Å²) in [6.07, 6.45) is 2.78. The summed E-state index contributed by atoms with van der Waals surface area (Å²) in [7, 11) is 0. The summed E-state index contributed by atoms with van der Waals surface area (Å²) in [6, 6.07) is 1.84. The van der Waals surface area contributed by atoms with E-state index in [4.69, 9.17) is 11.6 Å². The predicted molar refractivity (Wildman–Crippen MR) is 64.9 cm³/mol. The van der Waals surface area contributed by atoms with Gasteiger partial charge in [-0.15, -0.1) is 0 Å². The van der Waals surface area contributed by atoms with Crippen LogP contribution in [0.15, 0.2) is 16.7 Å². The molecule has 1 aromatic heterocycles. The second-order valence-corrected chi connectivity index (χ2v) is 4.88. The SMILES string of the molecule is CC(C)CCNc1ncc(Cl)cc1Br. The Hall–Kier alpha value is -0.280. The Morgan fingerprint density at radius 2 is 2.29 bits per heavy atom. The first-order valence-electron chi connectivity index (χ1n) is 4.64. The Morgan fingerprint density at radius 3 is 2.86 bits per heavy atom. The van der Waals surface area contributed by atoms with Crippen molar-refractivity contribution < 1.29 is 0 Å². The van der Waals surface area contributed by atoms with E-state index in [2.05, 4.69) is 40.1 Å². The summed E-state index contributed by atoms with van der Waals surface area (Å²) in [5.74, 6) is 1.56. The highest BCUT2D eigenvalue weighted by molar-refractivity contribution is 9.10. The van der Waals surface area contributed by atoms with E-state index < -0.39 is 0 Å². The minimum Gasteiger partial charge on any atom is -0.369 e. The molecule has 0 atom stereocenters. The lowest BCUT2D eigenvalue weighted by Gasteiger charge is -2.08. The van der Waals surface area contributed by atoms with Crippen LogP contribution in [0.1, 0.15) is 20.3 Å². The first-order chi connectivity index (χ1) is 6.59. The third-order valence-corrected chi connectivity index (χ3v) is 2.63. The van der Waals surface area contributed by atoms with Crippen LogP contribution >= 0.6 is 27.5 Å². The summed E-state index contributed by atoms with van der Waals surface area (Å²) >= 11 is 9.19. The van der Waals surface area contributed by atoms with Crippen molar-refractivity contribution >= 4 is 33.3 Å². The van der Waals surface area contributed by atoms with E-state index in [1.54, 1.807) is 6.20 Å². The molecule has 0 amide bonds. The maximum absolute atomic E-state index is 5.78. The van der Waals surface area contributed by atoms with Crippen LogP contribution in [-0.2, 0) is 0 Å². The van der Waals surface area contributed by atoms with Crippen molar-refractivity contribution in [3.8, 4) is 0 Å². The maximum atomic E-state index is 5.78. The van der Waals surface area contributed by atoms with E-state index in [0.29, 0.717) is 10.9 Å². The van der Waals surface area contributed by atoms with Crippen LogP contribution in [0.25, 0.3) is 0 Å². The molecule has 0 bridgehead atoms. The standard InChI is InChI=1S/C10H14BrClN2/c1-7(2)3-4-13-10-9(11)5-8(12)6-14-10/h5-7H,3-4H2,1-2H3,(H,13,14). The predicted octanol–water partition coefficient (Wildman–Crippen LogP) is 3.96. The van der Waals surface area contributed by atoms with Gasteiger partial charge in [0.05, 0.1) is 9.50 Å². The molecule has 0 saturated carbocycles. The lowest BCUT2D eigenvalue weighted by Crippen LogP contribution is -2.06. The van der Waals surface area contributed by atoms with Gasteiger partial charge in [-0.2, -0.15) is 0 Å². The summed E-state index contributed by atoms with van der Waals surface area (Å²) in [5.41, 5.74) is 0. The molecular weight excluding hydrogens is 263 g/mol. The van der Waals surface area contributed by atoms with Crippen molar-refractivity contribution in [3.05, 3.63) is 21.8 Å². The number of hydrogen-bond donors (Lipinski definition) is 1. The highest BCUT2D eigenvalue weighted by Gasteiger charge is 2.01. The summed E-state index contributed by atoms with van der Waals surface area (Å²) in [6.45, 7) is 5.34. The van der Waals surface area contributed by atoms with E-state index in [1.165, 1.54) is 0 Å². The highest BCUT2D eigenvalue weighted by atomic mass is 79.9. The molecule has 2 nitrogen and oxygen atoms in total. The zero-order valence-corrected chi connectivity index (χ0v) is 10.7. The Kier molecular flexibility index (Phi) is 4.69. The van der Waals surface area contributed by atoms with Gasteiger partial charge < -0.3 is 5.32 Å². The van der Waals surface area contributed by atoms with Crippen molar-refractivity contribution in [3.63, 3.8) is 0 Å². The number of anilines is 1. The van der Waals surface area contributed by atoms with Crippen molar-refractivity contribution in [2.45, 2.75) is 20.3 Å². The summed E-state index contributed by atoms with van der Waals surface area (Å²) < 4.78 is 0.911. The average molecular weight is 278 g/mol. The normalized spacial score (nSPS) is 10.6. The lowest BCUT2D eigenvalue weighted by atomic mass is 10.1. The number of aromatic nitrogens is 1. The summed E-state index contributed by atoms with van der Waals surface area (Å²) in [5, 5.41) is 3.90. The first kappa shape index (κ1) is 11.8. The van der Waals surface area contributed by atoms with E-state index in [9.17, 15) is 0 Å². The lowest BCUT2D eigenvalue weighted by molar-refractivity contribution is 0.606. The van der Waals surface area contributed by atoms with Crippen LogP contribution < -0.4 is 5.32 Å². The van der Waals surface area contributed by atoms with Gasteiger partial charge in [0.2, 0.25) is 0 Å². The number of halogens is 2. The summed E-state index contributed by atoms with van der Waals surface area (Å²) in [4.78, 5) is 4.18. The zero-order chi connectivity index (χ0) is 10.6. The fraction of sp³-hybridized carbons (Fsp3) is 0.500. The van der Waals surface area contributed by atoms with Gasteiger partial charge in [0.1, 0.15) is 5.82 Å². The minimum atomic E-state index is 0.645. The van der Waals surface area contributed by atoms with Crippen LogP contribution in [0.4, 0.5) is 5.82 Å². The molecule has 0 spiro atoms. The molecule has 1 N–H and O–H groups in total. The van der Waals surface area contributed by atoms with Gasteiger partial charge in [0.15, 0.2) is 0 Å². The molecule has 0 radical (unpaired) electrons. The monoisotopic (exact) mass is 276 g/mol. The molecule has 0 aromatic carbocycles. The molecule has 0 aliphatic heterocycles. The van der Waals surface area contributed by atoms with Crippen LogP contribution in [0, 0.1) is 5.92 Å². The molecule has 78 valence electrons. The Morgan fingerprint density at radius 1 is 1.57 bits per heavy atom. The number of nitrogens with one attached hydrogen (secondary N) is 1. The third-order valence-electron chi connectivity index (χ3n) is 1.82. The van der Waals surface area contributed by atoms with Gasteiger partial charge in [0, 0.05) is 12.7 Å². The zero-order valence-electron chi connectivity index (χ0n) is 8.35. The quantitative estimate of drug-likeness (QED) is 0.901. The molecule has 14 heavy (non-hydrogen) atoms. The second-order valence-electron chi connectivity index (χ2n) is 3.59. The molecule has 1 rings (SSSR count). The van der Waals surface area contributed by atoms with E-state index in [1.807, 2.05) is 6.07 Å². The first-order valence-corrected chi connectivity index (χ1v) is 5.81. The van der Waals surface area contributed by atoms with Gasteiger partial charge in [-0.25, -0.2) is 4.98 Å². The number of hydrogen-bond acceptors (Lipinski definition) is 2. The molecular formula is C10H14BrClN2. The molecule has 1 heterocycles. The largest absolute Gasteiger partial charge is 0.369 e. The number of pyridine rings is 1. The average Bonchev–Trinajstić information content (AvgIpc) is 2.08.